The summed E-state index contributed by atoms with van der Waals surface area (Å²) in [7, 11) is 1.49. The molecule has 1 saturated carbocycles. The monoisotopic (exact) mass is 279 g/mol. The first kappa shape index (κ1) is 13.5. The molecule has 1 aliphatic carbocycles. The van der Waals surface area contributed by atoms with Gasteiger partial charge in [0.2, 0.25) is 11.8 Å². The molecule has 2 heterocycles. The summed E-state index contributed by atoms with van der Waals surface area (Å²) in [5.74, 6) is 1.66. The van der Waals surface area contributed by atoms with Crippen LogP contribution in [-0.2, 0) is 22.5 Å². The van der Waals surface area contributed by atoms with Crippen LogP contribution in [0.4, 0.5) is 0 Å². The maximum Gasteiger partial charge on any atom is 0.313 e. The Morgan fingerprint density at radius 2 is 2.30 bits per heavy atom. The summed E-state index contributed by atoms with van der Waals surface area (Å²) in [5, 5.41) is 8.04. The normalized spacial score (nSPS) is 29.6. The Kier molecular flexibility index (Phi) is 3.50. The molecule has 20 heavy (non-hydrogen) atoms. The molecule has 0 N–H and O–H groups in total. The van der Waals surface area contributed by atoms with Crippen molar-refractivity contribution >= 4 is 5.97 Å². The first-order valence-corrected chi connectivity index (χ1v) is 7.30. The lowest BCUT2D eigenvalue weighted by Gasteiger charge is -2.25. The van der Waals surface area contributed by atoms with Crippen molar-refractivity contribution in [1.29, 1.82) is 0 Å². The summed E-state index contributed by atoms with van der Waals surface area (Å²) in [4.78, 5) is 14.4. The quantitative estimate of drug-likeness (QED) is 0.776. The van der Waals surface area contributed by atoms with Gasteiger partial charge in [0.1, 0.15) is 0 Å². The zero-order chi connectivity index (χ0) is 14.2. The number of fused-ring (bicyclic) bond motifs is 1. The van der Waals surface area contributed by atoms with E-state index in [4.69, 9.17) is 9.15 Å². The van der Waals surface area contributed by atoms with E-state index in [1.54, 1.807) is 0 Å². The van der Waals surface area contributed by atoms with Crippen LogP contribution in [0.15, 0.2) is 4.42 Å². The van der Waals surface area contributed by atoms with Gasteiger partial charge < -0.3 is 9.15 Å². The van der Waals surface area contributed by atoms with E-state index in [0.717, 1.165) is 38.8 Å². The number of likely N-dealkylation sites (tertiary alicyclic amines) is 1. The van der Waals surface area contributed by atoms with Crippen molar-refractivity contribution in [1.82, 2.24) is 15.1 Å². The van der Waals surface area contributed by atoms with Crippen LogP contribution in [0.3, 0.4) is 0 Å². The zero-order valence-corrected chi connectivity index (χ0v) is 12.1. The molecule has 1 aromatic rings. The number of methoxy groups -OCH3 is 1. The van der Waals surface area contributed by atoms with Gasteiger partial charge in [0.25, 0.3) is 0 Å². The number of hydrogen-bond acceptors (Lipinski definition) is 6. The second-order valence-electron chi connectivity index (χ2n) is 5.85. The van der Waals surface area contributed by atoms with Crippen molar-refractivity contribution in [3.05, 3.63) is 11.8 Å². The third-order valence-electron chi connectivity index (χ3n) is 4.70. The molecule has 1 aliphatic heterocycles. The lowest BCUT2D eigenvalue weighted by atomic mass is 9.81. The molecule has 0 aromatic carbocycles. The number of carbonyl (C=O) groups excluding carboxylic acids is 1. The molecule has 3 rings (SSSR count). The molecule has 0 spiro atoms. The highest BCUT2D eigenvalue weighted by Gasteiger charge is 2.55. The Morgan fingerprint density at radius 1 is 1.50 bits per heavy atom. The highest BCUT2D eigenvalue weighted by Crippen LogP contribution is 2.49. The maximum absolute atomic E-state index is 12.2. The van der Waals surface area contributed by atoms with Crippen LogP contribution in [0.2, 0.25) is 0 Å². The molecule has 2 fully saturated rings. The second kappa shape index (κ2) is 5.16. The van der Waals surface area contributed by atoms with Crippen molar-refractivity contribution in [2.24, 2.45) is 11.3 Å². The molecule has 6 nitrogen and oxygen atoms in total. The topological polar surface area (TPSA) is 68.5 Å². The summed E-state index contributed by atoms with van der Waals surface area (Å²) in [6.45, 7) is 4.28. The maximum atomic E-state index is 12.2. The molecular formula is C14H21N3O3. The Bertz CT molecular complexity index is 502. The largest absolute Gasteiger partial charge is 0.469 e. The molecular weight excluding hydrogens is 258 g/mol. The van der Waals surface area contributed by atoms with Crippen molar-refractivity contribution in [2.75, 3.05) is 20.2 Å². The van der Waals surface area contributed by atoms with Gasteiger partial charge in [0.15, 0.2) is 0 Å². The van der Waals surface area contributed by atoms with E-state index in [1.807, 2.05) is 6.92 Å². The summed E-state index contributed by atoms with van der Waals surface area (Å²) in [5.41, 5.74) is -0.303. The van der Waals surface area contributed by atoms with Crippen molar-refractivity contribution in [2.45, 2.75) is 39.2 Å². The molecule has 0 unspecified atom stereocenters. The highest BCUT2D eigenvalue weighted by atomic mass is 16.5. The van der Waals surface area contributed by atoms with Crippen LogP contribution in [0, 0.1) is 11.3 Å². The minimum atomic E-state index is -0.303. The number of aryl methyl sites for hydroxylation is 1. The van der Waals surface area contributed by atoms with E-state index in [-0.39, 0.29) is 11.4 Å². The lowest BCUT2D eigenvalue weighted by molar-refractivity contribution is -0.153. The number of carbonyl (C=O) groups is 1. The van der Waals surface area contributed by atoms with Gasteiger partial charge >= 0.3 is 5.97 Å². The third kappa shape index (κ3) is 2.12. The molecule has 1 saturated heterocycles. The number of ether oxygens (including phenoxy) is 1. The van der Waals surface area contributed by atoms with E-state index in [1.165, 1.54) is 7.11 Å². The zero-order valence-electron chi connectivity index (χ0n) is 12.1. The fraction of sp³-hybridized carbons (Fsp3) is 0.786. The van der Waals surface area contributed by atoms with Crippen LogP contribution < -0.4 is 0 Å². The van der Waals surface area contributed by atoms with Gasteiger partial charge in [-0.15, -0.1) is 10.2 Å². The molecule has 2 atom stereocenters. The van der Waals surface area contributed by atoms with E-state index < -0.39 is 0 Å². The Hall–Kier alpha value is -1.43. The minimum absolute atomic E-state index is 0.0534. The van der Waals surface area contributed by atoms with Crippen molar-refractivity contribution < 1.29 is 13.9 Å². The van der Waals surface area contributed by atoms with E-state index in [0.29, 0.717) is 24.2 Å². The summed E-state index contributed by atoms with van der Waals surface area (Å²) in [6, 6.07) is 0. The molecule has 110 valence electrons. The van der Waals surface area contributed by atoms with E-state index in [2.05, 4.69) is 15.1 Å². The average molecular weight is 279 g/mol. The summed E-state index contributed by atoms with van der Waals surface area (Å²) < 4.78 is 10.6. The predicted molar refractivity (Wildman–Crippen MR) is 70.7 cm³/mol. The number of esters is 1. The molecule has 2 aliphatic rings. The van der Waals surface area contributed by atoms with Gasteiger partial charge in [-0.1, -0.05) is 13.3 Å². The Morgan fingerprint density at radius 3 is 3.00 bits per heavy atom. The van der Waals surface area contributed by atoms with Gasteiger partial charge in [-0.25, -0.2) is 0 Å². The van der Waals surface area contributed by atoms with Gasteiger partial charge in [-0.3, -0.25) is 9.69 Å². The fourth-order valence-electron chi connectivity index (χ4n) is 3.74. The number of rotatable bonds is 4. The second-order valence-corrected chi connectivity index (χ2v) is 5.85. The average Bonchev–Trinajstić information content (AvgIpc) is 3.11. The van der Waals surface area contributed by atoms with Crippen molar-refractivity contribution in [3.63, 3.8) is 0 Å². The molecule has 0 amide bonds. The van der Waals surface area contributed by atoms with E-state index >= 15 is 0 Å². The van der Waals surface area contributed by atoms with Gasteiger partial charge in [-0.2, -0.15) is 0 Å². The van der Waals surface area contributed by atoms with Crippen LogP contribution in [-0.4, -0.2) is 41.3 Å². The minimum Gasteiger partial charge on any atom is -0.469 e. The van der Waals surface area contributed by atoms with Crippen LogP contribution in [0.25, 0.3) is 0 Å². The molecule has 1 aromatic heterocycles. The predicted octanol–water partition coefficient (Wildman–Crippen LogP) is 1.41. The summed E-state index contributed by atoms with van der Waals surface area (Å²) in [6.07, 6.45) is 3.91. The van der Waals surface area contributed by atoms with Gasteiger partial charge in [0, 0.05) is 19.5 Å². The summed E-state index contributed by atoms with van der Waals surface area (Å²) >= 11 is 0. The van der Waals surface area contributed by atoms with Crippen LogP contribution in [0.1, 0.15) is 38.0 Å². The lowest BCUT2D eigenvalue weighted by Crippen LogP contribution is -2.36. The van der Waals surface area contributed by atoms with Crippen molar-refractivity contribution in [3.8, 4) is 0 Å². The Balaban J connectivity index is 1.70. The number of aromatic nitrogens is 2. The van der Waals surface area contributed by atoms with Crippen LogP contribution >= 0.6 is 0 Å². The van der Waals surface area contributed by atoms with E-state index in [9.17, 15) is 4.79 Å². The number of hydrogen-bond donors (Lipinski definition) is 0. The van der Waals surface area contributed by atoms with Crippen LogP contribution in [0.5, 0.6) is 0 Å². The smallest absolute Gasteiger partial charge is 0.313 e. The Labute approximate surface area is 118 Å². The molecule has 0 radical (unpaired) electrons. The SMILES string of the molecule is CCc1nnc(CN2C[C@H]3CCC[C@@]3(C(=O)OC)C2)o1. The first-order valence-electron chi connectivity index (χ1n) is 7.30. The first-order chi connectivity index (χ1) is 9.68. The van der Waals surface area contributed by atoms with Gasteiger partial charge in [-0.05, 0) is 18.8 Å². The molecule has 6 heteroatoms. The standard InChI is InChI=1S/C14H21N3O3/c1-3-11-15-16-12(20-11)8-17-7-10-5-4-6-14(10,9-17)13(18)19-2/h10H,3-9H2,1-2H3/t10-,14-/m1/s1. The highest BCUT2D eigenvalue weighted by molar-refractivity contribution is 5.78. The fourth-order valence-corrected chi connectivity index (χ4v) is 3.74. The molecule has 0 bridgehead atoms. The third-order valence-corrected chi connectivity index (χ3v) is 4.70. The number of nitrogens with zero attached hydrogens (tertiary/aromatic N) is 3. The van der Waals surface area contributed by atoms with Gasteiger partial charge in [0.05, 0.1) is 19.1 Å².